The number of para-hydroxylation sites is 5. The fraction of sp³-hybridized carbons (Fsp3) is 0. The van der Waals surface area contributed by atoms with Crippen molar-refractivity contribution in [1.82, 2.24) is 18.7 Å². The van der Waals surface area contributed by atoms with Gasteiger partial charge in [0.15, 0.2) is 0 Å². The van der Waals surface area contributed by atoms with E-state index in [0.717, 1.165) is 33.7 Å². The average Bonchev–Trinajstić information content (AvgIpc) is 4.02. The molecule has 8 aromatic carbocycles. The molecule has 5 heteroatoms. The van der Waals surface area contributed by atoms with E-state index in [1.165, 1.54) is 80.3 Å². The van der Waals surface area contributed by atoms with Crippen molar-refractivity contribution in [2.24, 2.45) is 0 Å². The van der Waals surface area contributed by atoms with E-state index in [-0.39, 0.29) is 0 Å². The smallest absolute Gasteiger partial charge is 0.138 e. The number of benzene rings is 8. The molecule has 5 heterocycles. The Bertz CT molecular complexity index is 3750. The minimum absolute atomic E-state index is 0.930. The summed E-state index contributed by atoms with van der Waals surface area (Å²) in [5.41, 5.74) is 12.8. The summed E-state index contributed by atoms with van der Waals surface area (Å²) in [5, 5.41) is 8.64. The van der Waals surface area contributed by atoms with Crippen LogP contribution in [0.1, 0.15) is 0 Å². The van der Waals surface area contributed by atoms with Crippen LogP contribution in [0, 0.1) is 0 Å². The highest BCUT2D eigenvalue weighted by Crippen LogP contribution is 2.41. The molecule has 0 saturated heterocycles. The van der Waals surface area contributed by atoms with Crippen LogP contribution >= 0.6 is 11.3 Å². The van der Waals surface area contributed by atoms with Crippen LogP contribution < -0.4 is 0 Å². The molecule has 0 fully saturated rings. The first-order valence-corrected chi connectivity index (χ1v) is 20.5. The van der Waals surface area contributed by atoms with Gasteiger partial charge in [-0.1, -0.05) is 115 Å². The Labute approximate surface area is 336 Å². The molecule has 13 rings (SSSR count). The van der Waals surface area contributed by atoms with E-state index in [1.807, 2.05) is 0 Å². The quantitative estimate of drug-likeness (QED) is 0.176. The second kappa shape index (κ2) is 12.0. The summed E-state index contributed by atoms with van der Waals surface area (Å²) in [5.74, 6) is 0.930. The molecule has 0 N–H and O–H groups in total. The molecule has 0 unspecified atom stereocenters. The van der Waals surface area contributed by atoms with Gasteiger partial charge in [0.1, 0.15) is 5.82 Å². The van der Waals surface area contributed by atoms with Crippen LogP contribution in [0.2, 0.25) is 0 Å². The number of thiophene rings is 1. The van der Waals surface area contributed by atoms with Gasteiger partial charge in [-0.15, -0.1) is 11.3 Å². The maximum Gasteiger partial charge on any atom is 0.138 e. The molecule has 270 valence electrons. The average molecular weight is 757 g/mol. The minimum Gasteiger partial charge on any atom is -0.309 e. The van der Waals surface area contributed by atoms with Crippen molar-refractivity contribution >= 4 is 97.1 Å². The fourth-order valence-corrected chi connectivity index (χ4v) is 10.5. The zero-order valence-corrected chi connectivity index (χ0v) is 32.0. The van der Waals surface area contributed by atoms with Crippen LogP contribution in [0.15, 0.2) is 194 Å². The Balaban J connectivity index is 1.01. The lowest BCUT2D eigenvalue weighted by atomic mass is 10.0. The lowest BCUT2D eigenvalue weighted by molar-refractivity contribution is 1.10. The highest BCUT2D eigenvalue weighted by molar-refractivity contribution is 7.25. The SMILES string of the molecule is c1ccc(-n2c3ccccc3c3ccc(-c4ccc5c6ccccc6n(-c6ccc7sc8ccc(-n9c%10ccccc%10c%10ccccc%109)nc8c7c6)c5c4)cc32)cc1. The first kappa shape index (κ1) is 31.7. The summed E-state index contributed by atoms with van der Waals surface area (Å²) < 4.78 is 9.56. The number of hydrogen-bond acceptors (Lipinski definition) is 2. The standard InChI is InChI=1S/C53H32N4S/c1-2-12-35(13-3-1)55-44-18-8-4-16-39(44)41-25-22-33(30-48(41)55)34-23-26-42-40-17-5-9-19-45(40)56(49(42)31-34)36-24-27-50-43(32-36)53-51(58-50)28-29-52(54-53)57-46-20-10-6-14-37(46)38-15-7-11-21-47(38)57/h1-32H. The van der Waals surface area contributed by atoms with Crippen LogP contribution in [0.25, 0.3) is 114 Å². The lowest BCUT2D eigenvalue weighted by Crippen LogP contribution is -1.97. The second-order valence-corrected chi connectivity index (χ2v) is 16.3. The third kappa shape index (κ3) is 4.47. The fourth-order valence-electron chi connectivity index (χ4n) is 9.49. The molecule has 58 heavy (non-hydrogen) atoms. The number of fused-ring (bicyclic) bond motifs is 12. The molecule has 5 aromatic heterocycles. The number of hydrogen-bond donors (Lipinski definition) is 0. The predicted molar refractivity (Wildman–Crippen MR) is 246 cm³/mol. The second-order valence-electron chi connectivity index (χ2n) is 15.2. The molecule has 4 nitrogen and oxygen atoms in total. The highest BCUT2D eigenvalue weighted by Gasteiger charge is 2.19. The Morgan fingerprint density at radius 3 is 1.34 bits per heavy atom. The first-order valence-electron chi connectivity index (χ1n) is 19.7. The van der Waals surface area contributed by atoms with E-state index < -0.39 is 0 Å². The van der Waals surface area contributed by atoms with E-state index in [4.69, 9.17) is 4.98 Å². The summed E-state index contributed by atoms with van der Waals surface area (Å²) in [4.78, 5) is 5.44. The van der Waals surface area contributed by atoms with Gasteiger partial charge in [-0.25, -0.2) is 4.98 Å². The minimum atomic E-state index is 0.930. The van der Waals surface area contributed by atoms with Gasteiger partial charge in [-0.2, -0.15) is 0 Å². The van der Waals surface area contributed by atoms with Crippen molar-refractivity contribution < 1.29 is 0 Å². The molecule has 0 aliphatic rings. The van der Waals surface area contributed by atoms with Crippen molar-refractivity contribution in [2.75, 3.05) is 0 Å². The van der Waals surface area contributed by atoms with Crippen LogP contribution in [0.5, 0.6) is 0 Å². The third-order valence-corrected chi connectivity index (χ3v) is 13.2. The van der Waals surface area contributed by atoms with Crippen molar-refractivity contribution in [1.29, 1.82) is 0 Å². The first-order chi connectivity index (χ1) is 28.8. The van der Waals surface area contributed by atoms with Gasteiger partial charge in [-0.05, 0) is 90.0 Å². The maximum absolute atomic E-state index is 5.44. The molecule has 13 aromatic rings. The highest BCUT2D eigenvalue weighted by atomic mass is 32.1. The van der Waals surface area contributed by atoms with Crippen molar-refractivity contribution in [3.05, 3.63) is 194 Å². The van der Waals surface area contributed by atoms with E-state index in [1.54, 1.807) is 11.3 Å². The number of pyridine rings is 1. The summed E-state index contributed by atoms with van der Waals surface area (Å²) in [6.07, 6.45) is 0. The Morgan fingerprint density at radius 2 is 0.776 bits per heavy atom. The normalized spacial score (nSPS) is 12.1. The number of aromatic nitrogens is 4. The van der Waals surface area contributed by atoms with Crippen molar-refractivity contribution in [2.45, 2.75) is 0 Å². The topological polar surface area (TPSA) is 27.7 Å². The summed E-state index contributed by atoms with van der Waals surface area (Å²) in [6, 6.07) is 70.7. The van der Waals surface area contributed by atoms with Gasteiger partial charge in [-0.3, -0.25) is 4.57 Å². The lowest BCUT2D eigenvalue weighted by Gasteiger charge is -2.11. The molecule has 0 aliphatic carbocycles. The zero-order valence-electron chi connectivity index (χ0n) is 31.2. The zero-order chi connectivity index (χ0) is 37.9. The Hall–Kier alpha value is -7.47. The molecule has 0 amide bonds. The summed E-state index contributed by atoms with van der Waals surface area (Å²) >= 11 is 1.81. The van der Waals surface area contributed by atoms with Gasteiger partial charge in [0.05, 0.1) is 43.3 Å². The van der Waals surface area contributed by atoms with Crippen LogP contribution in [0.4, 0.5) is 0 Å². The van der Waals surface area contributed by atoms with Gasteiger partial charge >= 0.3 is 0 Å². The summed E-state index contributed by atoms with van der Waals surface area (Å²) in [6.45, 7) is 0. The molecular weight excluding hydrogens is 725 g/mol. The van der Waals surface area contributed by atoms with E-state index >= 15 is 0 Å². The van der Waals surface area contributed by atoms with Crippen LogP contribution in [-0.2, 0) is 0 Å². The van der Waals surface area contributed by atoms with Gasteiger partial charge in [0.25, 0.3) is 0 Å². The predicted octanol–water partition coefficient (Wildman–Crippen LogP) is 14.4. The molecular formula is C53H32N4S. The van der Waals surface area contributed by atoms with Crippen molar-refractivity contribution in [3.63, 3.8) is 0 Å². The van der Waals surface area contributed by atoms with Gasteiger partial charge in [0.2, 0.25) is 0 Å². The molecule has 0 bridgehead atoms. The molecule has 0 spiro atoms. The van der Waals surface area contributed by atoms with Gasteiger partial charge < -0.3 is 9.13 Å². The monoisotopic (exact) mass is 756 g/mol. The number of nitrogens with zero attached hydrogens (tertiary/aromatic N) is 4. The van der Waals surface area contributed by atoms with E-state index in [0.29, 0.717) is 0 Å². The molecule has 0 aliphatic heterocycles. The Kier molecular flexibility index (Phi) is 6.57. The molecule has 0 radical (unpaired) electrons. The third-order valence-electron chi connectivity index (χ3n) is 12.0. The van der Waals surface area contributed by atoms with Crippen LogP contribution in [0.3, 0.4) is 0 Å². The van der Waals surface area contributed by atoms with Crippen molar-refractivity contribution in [3.8, 4) is 28.3 Å². The van der Waals surface area contributed by atoms with E-state index in [9.17, 15) is 0 Å². The summed E-state index contributed by atoms with van der Waals surface area (Å²) in [7, 11) is 0. The maximum atomic E-state index is 5.44. The molecule has 0 saturated carbocycles. The van der Waals surface area contributed by atoms with E-state index in [2.05, 4.69) is 208 Å². The molecule has 0 atom stereocenters. The number of rotatable bonds is 4. The van der Waals surface area contributed by atoms with Gasteiger partial charge in [0, 0.05) is 53.8 Å². The Morgan fingerprint density at radius 1 is 0.310 bits per heavy atom. The van der Waals surface area contributed by atoms with Crippen LogP contribution in [-0.4, -0.2) is 18.7 Å². The largest absolute Gasteiger partial charge is 0.309 e.